The number of rotatable bonds is 4. The van der Waals surface area contributed by atoms with E-state index in [4.69, 9.17) is 10.00 Å². The van der Waals surface area contributed by atoms with Gasteiger partial charge in [-0.1, -0.05) is 0 Å². The second-order valence-electron chi connectivity index (χ2n) is 4.18. The normalized spacial score (nSPS) is 11.4. The molecule has 1 aromatic carbocycles. The molecule has 2 rings (SSSR count). The molecular formula is C14H13N3O2S. The number of aryl methyl sites for hydroxylation is 1. The molecule has 0 aliphatic rings. The first kappa shape index (κ1) is 14.0. The van der Waals surface area contributed by atoms with Crippen LogP contribution in [-0.2, 0) is 4.79 Å². The number of nitriles is 1. The van der Waals surface area contributed by atoms with Gasteiger partial charge in [0.05, 0.1) is 17.3 Å². The van der Waals surface area contributed by atoms with E-state index in [9.17, 15) is 4.79 Å². The Morgan fingerprint density at radius 1 is 1.45 bits per heavy atom. The van der Waals surface area contributed by atoms with Crippen molar-refractivity contribution in [1.29, 1.82) is 5.26 Å². The molecule has 1 aromatic heterocycles. The number of aromatic nitrogens is 1. The van der Waals surface area contributed by atoms with Gasteiger partial charge in [-0.2, -0.15) is 5.26 Å². The number of carbonyl (C=O) groups is 1. The van der Waals surface area contributed by atoms with E-state index < -0.39 is 6.10 Å². The van der Waals surface area contributed by atoms with Gasteiger partial charge >= 0.3 is 0 Å². The van der Waals surface area contributed by atoms with Gasteiger partial charge in [-0.05, 0) is 38.1 Å². The highest BCUT2D eigenvalue weighted by Gasteiger charge is 2.16. The van der Waals surface area contributed by atoms with Crippen LogP contribution in [0.3, 0.4) is 0 Å². The zero-order valence-corrected chi connectivity index (χ0v) is 11.9. The number of nitrogens with one attached hydrogen (secondary N) is 1. The van der Waals surface area contributed by atoms with Crippen molar-refractivity contribution >= 4 is 22.4 Å². The van der Waals surface area contributed by atoms with Gasteiger partial charge in [-0.3, -0.25) is 10.1 Å². The van der Waals surface area contributed by atoms with Gasteiger partial charge in [0, 0.05) is 5.38 Å². The molecule has 0 spiro atoms. The smallest absolute Gasteiger partial charge is 0.266 e. The molecule has 0 aliphatic carbocycles. The average molecular weight is 287 g/mol. The first-order chi connectivity index (χ1) is 9.58. The van der Waals surface area contributed by atoms with E-state index in [2.05, 4.69) is 10.3 Å². The molecule has 5 nitrogen and oxygen atoms in total. The topological polar surface area (TPSA) is 75.0 Å². The minimum Gasteiger partial charge on any atom is -0.481 e. The van der Waals surface area contributed by atoms with Crippen LogP contribution in [0.25, 0.3) is 0 Å². The summed E-state index contributed by atoms with van der Waals surface area (Å²) in [5.41, 5.74) is 1.42. The molecule has 0 fully saturated rings. The SMILES string of the molecule is Cc1csc(NC(=O)[C@@H](C)Oc2ccc(C#N)cc2)n1. The quantitative estimate of drug-likeness (QED) is 0.938. The number of ether oxygens (including phenoxy) is 1. The Kier molecular flexibility index (Phi) is 4.33. The molecule has 0 bridgehead atoms. The molecule has 2 aromatic rings. The summed E-state index contributed by atoms with van der Waals surface area (Å²) in [5, 5.41) is 13.8. The Morgan fingerprint density at radius 2 is 2.15 bits per heavy atom. The number of amides is 1. The van der Waals surface area contributed by atoms with Gasteiger partial charge in [-0.25, -0.2) is 4.98 Å². The second-order valence-corrected chi connectivity index (χ2v) is 5.04. The number of benzene rings is 1. The molecule has 1 heterocycles. The Balaban J connectivity index is 1.95. The van der Waals surface area contributed by atoms with Gasteiger partial charge in [0.2, 0.25) is 0 Å². The lowest BCUT2D eigenvalue weighted by Crippen LogP contribution is -2.30. The molecule has 102 valence electrons. The summed E-state index contributed by atoms with van der Waals surface area (Å²) in [6.45, 7) is 3.52. The summed E-state index contributed by atoms with van der Waals surface area (Å²) in [6, 6.07) is 8.63. The molecule has 20 heavy (non-hydrogen) atoms. The first-order valence-electron chi connectivity index (χ1n) is 5.98. The van der Waals surface area contributed by atoms with Crippen molar-refractivity contribution in [2.75, 3.05) is 5.32 Å². The largest absolute Gasteiger partial charge is 0.481 e. The van der Waals surface area contributed by atoms with E-state index in [0.29, 0.717) is 16.4 Å². The van der Waals surface area contributed by atoms with Crippen LogP contribution in [0.5, 0.6) is 5.75 Å². The maximum atomic E-state index is 11.9. The Bertz CT molecular complexity index is 643. The summed E-state index contributed by atoms with van der Waals surface area (Å²) in [6.07, 6.45) is -0.646. The maximum Gasteiger partial charge on any atom is 0.266 e. The third kappa shape index (κ3) is 3.56. The third-order valence-electron chi connectivity index (χ3n) is 2.51. The van der Waals surface area contributed by atoms with Gasteiger partial charge < -0.3 is 4.74 Å². The monoisotopic (exact) mass is 287 g/mol. The van der Waals surface area contributed by atoms with Crippen LogP contribution < -0.4 is 10.1 Å². The highest BCUT2D eigenvalue weighted by atomic mass is 32.1. The van der Waals surface area contributed by atoms with Crippen molar-refractivity contribution in [3.05, 3.63) is 40.9 Å². The number of hydrogen-bond donors (Lipinski definition) is 1. The van der Waals surface area contributed by atoms with Gasteiger partial charge in [0.25, 0.3) is 5.91 Å². The highest BCUT2D eigenvalue weighted by Crippen LogP contribution is 2.17. The van der Waals surface area contributed by atoms with Crippen molar-refractivity contribution in [1.82, 2.24) is 4.98 Å². The Labute approximate surface area is 120 Å². The van der Waals surface area contributed by atoms with Crippen LogP contribution in [0.15, 0.2) is 29.6 Å². The third-order valence-corrected chi connectivity index (χ3v) is 3.39. The number of nitrogens with zero attached hydrogens (tertiary/aromatic N) is 2. The Hall–Kier alpha value is -2.39. The van der Waals surface area contributed by atoms with Gasteiger partial charge in [0.15, 0.2) is 11.2 Å². The highest BCUT2D eigenvalue weighted by molar-refractivity contribution is 7.13. The summed E-state index contributed by atoms with van der Waals surface area (Å²) in [5.74, 6) is 0.283. The van der Waals surface area contributed by atoms with Crippen molar-refractivity contribution in [3.63, 3.8) is 0 Å². The van der Waals surface area contributed by atoms with Gasteiger partial charge in [-0.15, -0.1) is 11.3 Å². The summed E-state index contributed by atoms with van der Waals surface area (Å²) in [7, 11) is 0. The lowest BCUT2D eigenvalue weighted by atomic mass is 10.2. The standard InChI is InChI=1S/C14H13N3O2S/c1-9-8-20-14(16-9)17-13(18)10(2)19-12-5-3-11(7-15)4-6-12/h3-6,8,10H,1-2H3,(H,16,17,18)/t10-/m1/s1. The summed E-state index contributed by atoms with van der Waals surface area (Å²) < 4.78 is 5.51. The fourth-order valence-electron chi connectivity index (χ4n) is 1.48. The molecule has 1 N–H and O–H groups in total. The molecule has 1 atom stereocenters. The molecule has 6 heteroatoms. The van der Waals surface area contributed by atoms with Crippen LogP contribution in [0.2, 0.25) is 0 Å². The van der Waals surface area contributed by atoms with Crippen LogP contribution in [0.4, 0.5) is 5.13 Å². The molecule has 0 aliphatic heterocycles. The fraction of sp³-hybridized carbons (Fsp3) is 0.214. The summed E-state index contributed by atoms with van der Waals surface area (Å²) >= 11 is 1.37. The molecule has 0 radical (unpaired) electrons. The number of hydrogen-bond acceptors (Lipinski definition) is 5. The predicted octanol–water partition coefficient (Wildman–Crippen LogP) is 2.73. The molecule has 0 saturated carbocycles. The van der Waals surface area contributed by atoms with Crippen molar-refractivity contribution < 1.29 is 9.53 Å². The van der Waals surface area contributed by atoms with E-state index in [0.717, 1.165) is 5.69 Å². The van der Waals surface area contributed by atoms with Crippen LogP contribution in [0.1, 0.15) is 18.2 Å². The van der Waals surface area contributed by atoms with E-state index in [1.807, 2.05) is 18.4 Å². The lowest BCUT2D eigenvalue weighted by Gasteiger charge is -2.13. The van der Waals surface area contributed by atoms with Gasteiger partial charge in [0.1, 0.15) is 5.75 Å². The van der Waals surface area contributed by atoms with Crippen molar-refractivity contribution in [2.24, 2.45) is 0 Å². The van der Waals surface area contributed by atoms with E-state index >= 15 is 0 Å². The number of thiazole rings is 1. The van der Waals surface area contributed by atoms with E-state index in [1.54, 1.807) is 31.2 Å². The van der Waals surface area contributed by atoms with Crippen molar-refractivity contribution in [2.45, 2.75) is 20.0 Å². The number of carbonyl (C=O) groups excluding carboxylic acids is 1. The minimum atomic E-state index is -0.646. The zero-order valence-electron chi connectivity index (χ0n) is 11.1. The van der Waals surface area contributed by atoms with Crippen LogP contribution in [-0.4, -0.2) is 17.0 Å². The molecule has 1 amide bonds. The van der Waals surface area contributed by atoms with Crippen molar-refractivity contribution in [3.8, 4) is 11.8 Å². The second kappa shape index (κ2) is 6.17. The zero-order chi connectivity index (χ0) is 14.5. The summed E-state index contributed by atoms with van der Waals surface area (Å²) in [4.78, 5) is 16.1. The van der Waals surface area contributed by atoms with Crippen LogP contribution in [0, 0.1) is 18.3 Å². The fourth-order valence-corrected chi connectivity index (χ4v) is 2.18. The predicted molar refractivity (Wildman–Crippen MR) is 76.7 cm³/mol. The van der Waals surface area contributed by atoms with Crippen LogP contribution >= 0.6 is 11.3 Å². The number of anilines is 1. The minimum absolute atomic E-state index is 0.260. The Morgan fingerprint density at radius 3 is 2.70 bits per heavy atom. The molecule has 0 saturated heterocycles. The molecule has 0 unspecified atom stereocenters. The van der Waals surface area contributed by atoms with E-state index in [1.165, 1.54) is 11.3 Å². The first-order valence-corrected chi connectivity index (χ1v) is 6.86. The average Bonchev–Trinajstić information content (AvgIpc) is 2.85. The molecular weight excluding hydrogens is 274 g/mol. The maximum absolute atomic E-state index is 11.9. The van der Waals surface area contributed by atoms with E-state index in [-0.39, 0.29) is 5.91 Å². The lowest BCUT2D eigenvalue weighted by molar-refractivity contribution is -0.122.